The van der Waals surface area contributed by atoms with Crippen molar-refractivity contribution in [3.63, 3.8) is 0 Å². The topological polar surface area (TPSA) is 52.7 Å². The van der Waals surface area contributed by atoms with Crippen molar-refractivity contribution in [3.8, 4) is 0 Å². The maximum atomic E-state index is 13.6. The van der Waals surface area contributed by atoms with Crippen molar-refractivity contribution in [1.29, 1.82) is 0 Å². The number of hydrogen-bond acceptors (Lipinski definition) is 3. The second-order valence-electron chi connectivity index (χ2n) is 9.69. The summed E-state index contributed by atoms with van der Waals surface area (Å²) in [5, 5.41) is 5.42. The molecule has 0 spiro atoms. The number of hydrogen-bond donors (Lipinski definition) is 1. The van der Waals surface area contributed by atoms with Crippen molar-refractivity contribution < 1.29 is 9.59 Å². The molecule has 2 amide bonds. The fourth-order valence-corrected chi connectivity index (χ4v) is 5.52. The highest BCUT2D eigenvalue weighted by Crippen LogP contribution is 2.32. The minimum atomic E-state index is -0.117. The average molecular weight is 456 g/mol. The summed E-state index contributed by atoms with van der Waals surface area (Å²) in [7, 11) is 2.12. The van der Waals surface area contributed by atoms with Crippen LogP contribution < -0.4 is 5.32 Å². The molecule has 5 heteroatoms. The first-order chi connectivity index (χ1) is 16.6. The molecular formula is C29H33N3O2. The van der Waals surface area contributed by atoms with Crippen molar-refractivity contribution in [3.05, 3.63) is 83.4 Å². The van der Waals surface area contributed by atoms with Crippen LogP contribution in [0.15, 0.2) is 66.7 Å². The fraction of sp³-hybridized carbons (Fsp3) is 0.379. The third kappa shape index (κ3) is 4.71. The molecule has 2 aliphatic heterocycles. The maximum absolute atomic E-state index is 13.6. The highest BCUT2D eigenvalue weighted by Gasteiger charge is 2.35. The van der Waals surface area contributed by atoms with Crippen LogP contribution in [0.25, 0.3) is 10.8 Å². The third-order valence-corrected chi connectivity index (χ3v) is 7.49. The van der Waals surface area contributed by atoms with Crippen molar-refractivity contribution in [1.82, 2.24) is 15.1 Å². The summed E-state index contributed by atoms with van der Waals surface area (Å²) in [5.74, 6) is 0.317. The molecule has 2 heterocycles. The molecule has 2 aliphatic rings. The van der Waals surface area contributed by atoms with E-state index in [0.717, 1.165) is 48.7 Å². The lowest BCUT2D eigenvalue weighted by atomic mass is 9.89. The van der Waals surface area contributed by atoms with Gasteiger partial charge in [-0.15, -0.1) is 0 Å². The number of nitrogens with zero attached hydrogens (tertiary/aromatic N) is 2. The van der Waals surface area contributed by atoms with Crippen LogP contribution in [0.1, 0.15) is 35.6 Å². The zero-order valence-corrected chi connectivity index (χ0v) is 19.9. The lowest BCUT2D eigenvalue weighted by Gasteiger charge is -2.40. The van der Waals surface area contributed by atoms with Crippen molar-refractivity contribution in [2.24, 2.45) is 5.92 Å². The van der Waals surface area contributed by atoms with E-state index in [0.29, 0.717) is 19.5 Å². The van der Waals surface area contributed by atoms with Gasteiger partial charge in [0.1, 0.15) is 0 Å². The zero-order chi connectivity index (χ0) is 23.5. The van der Waals surface area contributed by atoms with Crippen LogP contribution in [-0.2, 0) is 22.4 Å². The standard InChI is InChI=1S/C29H33N3O2/c1-31-16-13-23(14-17-31)29(34)32-18-15-22-8-3-5-12-26(22)27(32)20-30-28(33)19-24-10-6-9-21-7-2-4-11-25(21)24/h2-12,23,27H,13-20H2,1H3,(H,30,33). The molecule has 1 fully saturated rings. The van der Waals surface area contributed by atoms with Gasteiger partial charge in [0, 0.05) is 19.0 Å². The largest absolute Gasteiger partial charge is 0.353 e. The number of benzene rings is 3. The van der Waals surface area contributed by atoms with Crippen LogP contribution in [0.3, 0.4) is 0 Å². The second-order valence-corrected chi connectivity index (χ2v) is 9.69. The van der Waals surface area contributed by atoms with E-state index in [4.69, 9.17) is 0 Å². The molecule has 1 saturated heterocycles. The van der Waals surface area contributed by atoms with E-state index in [-0.39, 0.29) is 23.8 Å². The van der Waals surface area contributed by atoms with Gasteiger partial charge in [0.15, 0.2) is 0 Å². The first-order valence-corrected chi connectivity index (χ1v) is 12.4. The summed E-state index contributed by atoms with van der Waals surface area (Å²) in [6.07, 6.45) is 3.02. The van der Waals surface area contributed by atoms with Gasteiger partial charge in [0.25, 0.3) is 0 Å². The first-order valence-electron chi connectivity index (χ1n) is 12.4. The van der Waals surface area contributed by atoms with Gasteiger partial charge >= 0.3 is 0 Å². The summed E-state index contributed by atoms with van der Waals surface area (Å²) in [5.41, 5.74) is 3.47. The predicted octanol–water partition coefficient (Wildman–Crippen LogP) is 3.97. The number of fused-ring (bicyclic) bond motifs is 2. The second kappa shape index (κ2) is 9.98. The molecule has 0 aliphatic carbocycles. The Balaban J connectivity index is 1.32. The molecule has 176 valence electrons. The fourth-order valence-electron chi connectivity index (χ4n) is 5.52. The van der Waals surface area contributed by atoms with E-state index < -0.39 is 0 Å². The Kier molecular flexibility index (Phi) is 6.63. The van der Waals surface area contributed by atoms with Crippen LogP contribution in [0.4, 0.5) is 0 Å². The van der Waals surface area contributed by atoms with Gasteiger partial charge in [0.2, 0.25) is 11.8 Å². The van der Waals surface area contributed by atoms with Gasteiger partial charge in [-0.05, 0) is 66.9 Å². The predicted molar refractivity (Wildman–Crippen MR) is 135 cm³/mol. The zero-order valence-electron chi connectivity index (χ0n) is 19.9. The smallest absolute Gasteiger partial charge is 0.226 e. The van der Waals surface area contributed by atoms with Crippen LogP contribution in [0, 0.1) is 5.92 Å². The number of piperidine rings is 1. The molecule has 3 aromatic rings. The molecular weight excluding hydrogens is 422 g/mol. The summed E-state index contributed by atoms with van der Waals surface area (Å²) >= 11 is 0. The summed E-state index contributed by atoms with van der Waals surface area (Å²) < 4.78 is 0. The number of carbonyl (C=O) groups excluding carboxylic acids is 2. The Labute approximate surface area is 201 Å². The maximum Gasteiger partial charge on any atom is 0.226 e. The summed E-state index contributed by atoms with van der Waals surface area (Å²) in [4.78, 5) is 30.9. The molecule has 34 heavy (non-hydrogen) atoms. The summed E-state index contributed by atoms with van der Waals surface area (Å²) in [6.45, 7) is 3.09. The number of nitrogens with one attached hydrogen (secondary N) is 1. The van der Waals surface area contributed by atoms with Crippen molar-refractivity contribution >= 4 is 22.6 Å². The molecule has 0 radical (unpaired) electrons. The van der Waals surface area contributed by atoms with Gasteiger partial charge in [0.05, 0.1) is 12.5 Å². The van der Waals surface area contributed by atoms with E-state index in [9.17, 15) is 9.59 Å². The number of rotatable bonds is 5. The molecule has 1 N–H and O–H groups in total. The van der Waals surface area contributed by atoms with E-state index >= 15 is 0 Å². The lowest BCUT2D eigenvalue weighted by Crippen LogP contribution is -2.49. The Bertz CT molecular complexity index is 1180. The minimum Gasteiger partial charge on any atom is -0.353 e. The Hall–Kier alpha value is -3.18. The molecule has 0 saturated carbocycles. The number of likely N-dealkylation sites (tertiary alicyclic amines) is 1. The van der Waals surface area contributed by atoms with Crippen LogP contribution in [0.2, 0.25) is 0 Å². The Morgan fingerprint density at radius 1 is 0.912 bits per heavy atom. The SMILES string of the molecule is CN1CCC(C(=O)N2CCc3ccccc3C2CNC(=O)Cc2cccc3ccccc23)CC1. The van der Waals surface area contributed by atoms with Crippen LogP contribution >= 0.6 is 0 Å². The molecule has 1 unspecified atom stereocenters. The molecule has 0 aromatic heterocycles. The average Bonchev–Trinajstić information content (AvgIpc) is 2.87. The van der Waals surface area contributed by atoms with Crippen molar-refractivity contribution in [2.75, 3.05) is 33.2 Å². The third-order valence-electron chi connectivity index (χ3n) is 7.49. The molecule has 5 rings (SSSR count). The van der Waals surface area contributed by atoms with E-state index in [1.165, 1.54) is 11.1 Å². The highest BCUT2D eigenvalue weighted by atomic mass is 16.2. The Morgan fingerprint density at radius 2 is 1.65 bits per heavy atom. The highest BCUT2D eigenvalue weighted by molar-refractivity contribution is 5.90. The normalized spacial score (nSPS) is 19.1. The van der Waals surface area contributed by atoms with Crippen molar-refractivity contribution in [2.45, 2.75) is 31.7 Å². The Morgan fingerprint density at radius 3 is 2.50 bits per heavy atom. The van der Waals surface area contributed by atoms with Gasteiger partial charge in [-0.25, -0.2) is 0 Å². The number of amides is 2. The molecule has 3 aromatic carbocycles. The number of carbonyl (C=O) groups is 2. The first kappa shape index (κ1) is 22.6. The monoisotopic (exact) mass is 455 g/mol. The van der Waals surface area contributed by atoms with Gasteiger partial charge in [-0.2, -0.15) is 0 Å². The summed E-state index contributed by atoms with van der Waals surface area (Å²) in [6, 6.07) is 22.5. The van der Waals surface area contributed by atoms with Gasteiger partial charge in [-0.3, -0.25) is 9.59 Å². The van der Waals surface area contributed by atoms with E-state index in [1.54, 1.807) is 0 Å². The van der Waals surface area contributed by atoms with E-state index in [2.05, 4.69) is 53.7 Å². The van der Waals surface area contributed by atoms with Crippen LogP contribution in [-0.4, -0.2) is 54.8 Å². The van der Waals surface area contributed by atoms with Gasteiger partial charge in [-0.1, -0.05) is 66.7 Å². The molecule has 0 bridgehead atoms. The quantitative estimate of drug-likeness (QED) is 0.634. The minimum absolute atomic E-state index is 0.00824. The van der Waals surface area contributed by atoms with Gasteiger partial charge < -0.3 is 15.1 Å². The van der Waals surface area contributed by atoms with Crippen LogP contribution in [0.5, 0.6) is 0 Å². The lowest BCUT2D eigenvalue weighted by molar-refractivity contribution is -0.140. The molecule has 5 nitrogen and oxygen atoms in total. The van der Waals surface area contributed by atoms with E-state index in [1.807, 2.05) is 35.2 Å². The molecule has 1 atom stereocenters.